The molecule has 0 aliphatic heterocycles. The molecule has 0 aliphatic carbocycles. The minimum Gasteiger partial charge on any atom is -0.476 e. The number of anilines is 1. The highest BCUT2D eigenvalue weighted by atomic mass is 32.1. The second-order valence-corrected chi connectivity index (χ2v) is 4.15. The van der Waals surface area contributed by atoms with E-state index in [1.165, 1.54) is 10.9 Å². The number of aromatic nitrogens is 2. The van der Waals surface area contributed by atoms with Crippen LogP contribution in [0.5, 0.6) is 0 Å². The summed E-state index contributed by atoms with van der Waals surface area (Å²) < 4.78 is 1.29. The molecule has 1 aromatic rings. The van der Waals surface area contributed by atoms with Crippen molar-refractivity contribution in [2.75, 3.05) is 5.32 Å². The topological polar surface area (TPSA) is 79.2 Å². The zero-order valence-corrected chi connectivity index (χ0v) is 10.8. The highest BCUT2D eigenvalue weighted by Gasteiger charge is 2.16. The van der Waals surface area contributed by atoms with Crippen molar-refractivity contribution in [2.24, 2.45) is 7.05 Å². The van der Waals surface area contributed by atoms with E-state index in [2.05, 4.69) is 15.7 Å². The number of hydrogen-bond donors (Lipinski definition) is 3. The van der Waals surface area contributed by atoms with Gasteiger partial charge in [0, 0.05) is 13.1 Å². The Morgan fingerprint density at radius 1 is 1.71 bits per heavy atom. The van der Waals surface area contributed by atoms with E-state index in [4.69, 9.17) is 17.3 Å². The Morgan fingerprint density at radius 3 is 2.88 bits per heavy atom. The van der Waals surface area contributed by atoms with Gasteiger partial charge in [-0.1, -0.05) is 6.92 Å². The Kier molecular flexibility index (Phi) is 4.45. The van der Waals surface area contributed by atoms with E-state index in [0.717, 1.165) is 6.42 Å². The molecule has 17 heavy (non-hydrogen) atoms. The molecule has 0 radical (unpaired) electrons. The molecular formula is C10H16N4O2S. The summed E-state index contributed by atoms with van der Waals surface area (Å²) in [6.45, 7) is 4.03. The van der Waals surface area contributed by atoms with Gasteiger partial charge < -0.3 is 15.7 Å². The molecule has 1 aromatic heterocycles. The maximum atomic E-state index is 11.0. The minimum atomic E-state index is -1.04. The predicted molar refractivity (Wildman–Crippen MR) is 69.3 cm³/mol. The monoisotopic (exact) mass is 256 g/mol. The van der Waals surface area contributed by atoms with E-state index < -0.39 is 5.97 Å². The van der Waals surface area contributed by atoms with Gasteiger partial charge in [-0.3, -0.25) is 4.68 Å². The van der Waals surface area contributed by atoms with Crippen LogP contribution in [0.25, 0.3) is 0 Å². The Balaban J connectivity index is 2.75. The SMILES string of the molecule is CCC(C)NC(=S)Nc1cnn(C)c1C(=O)O. The Labute approximate surface area is 105 Å². The maximum Gasteiger partial charge on any atom is 0.356 e. The number of carboxylic acid groups (broad SMARTS) is 1. The molecule has 1 heterocycles. The van der Waals surface area contributed by atoms with Crippen molar-refractivity contribution in [2.45, 2.75) is 26.3 Å². The molecule has 3 N–H and O–H groups in total. The van der Waals surface area contributed by atoms with Crippen molar-refractivity contribution >= 4 is 29.0 Å². The lowest BCUT2D eigenvalue weighted by molar-refractivity contribution is 0.0686. The third kappa shape index (κ3) is 3.42. The van der Waals surface area contributed by atoms with Gasteiger partial charge in [0.1, 0.15) is 0 Å². The molecule has 0 aliphatic rings. The number of aromatic carboxylic acids is 1. The van der Waals surface area contributed by atoms with E-state index in [9.17, 15) is 4.79 Å². The van der Waals surface area contributed by atoms with Crippen LogP contribution in [0.2, 0.25) is 0 Å². The van der Waals surface area contributed by atoms with Gasteiger partial charge >= 0.3 is 5.97 Å². The molecule has 0 aromatic carbocycles. The third-order valence-corrected chi connectivity index (χ3v) is 2.60. The lowest BCUT2D eigenvalue weighted by atomic mass is 10.3. The van der Waals surface area contributed by atoms with Gasteiger partial charge in [0.2, 0.25) is 0 Å². The third-order valence-electron chi connectivity index (χ3n) is 2.38. The summed E-state index contributed by atoms with van der Waals surface area (Å²) >= 11 is 5.08. The molecule has 0 bridgehead atoms. The zero-order valence-electron chi connectivity index (χ0n) is 10.0. The largest absolute Gasteiger partial charge is 0.476 e. The van der Waals surface area contributed by atoms with Crippen molar-refractivity contribution in [1.82, 2.24) is 15.1 Å². The lowest BCUT2D eigenvalue weighted by Gasteiger charge is -2.14. The van der Waals surface area contributed by atoms with Crippen LogP contribution >= 0.6 is 12.2 Å². The normalized spacial score (nSPS) is 11.9. The van der Waals surface area contributed by atoms with Crippen LogP contribution in [0.3, 0.4) is 0 Å². The van der Waals surface area contributed by atoms with E-state index in [-0.39, 0.29) is 11.7 Å². The summed E-state index contributed by atoms with van der Waals surface area (Å²) in [6.07, 6.45) is 2.37. The number of thiocarbonyl (C=S) groups is 1. The summed E-state index contributed by atoms with van der Waals surface area (Å²) in [5.41, 5.74) is 0.471. The summed E-state index contributed by atoms with van der Waals surface area (Å²) in [5, 5.41) is 19.2. The van der Waals surface area contributed by atoms with Gasteiger partial charge in [-0.05, 0) is 25.6 Å². The van der Waals surface area contributed by atoms with Crippen LogP contribution in [0.1, 0.15) is 30.8 Å². The summed E-state index contributed by atoms with van der Waals surface area (Å²) in [6, 6.07) is 0.236. The standard InChI is InChI=1S/C10H16N4O2S/c1-4-6(2)12-10(17)13-7-5-11-14(3)8(7)9(15)16/h5-6H,4H2,1-3H3,(H,15,16)(H2,12,13,17). The van der Waals surface area contributed by atoms with Crippen molar-refractivity contribution in [1.29, 1.82) is 0 Å². The van der Waals surface area contributed by atoms with Gasteiger partial charge in [-0.2, -0.15) is 5.10 Å². The molecule has 94 valence electrons. The van der Waals surface area contributed by atoms with Crippen molar-refractivity contribution in [3.8, 4) is 0 Å². The average Bonchev–Trinajstić information content (AvgIpc) is 2.59. The molecule has 0 saturated heterocycles. The number of hydrogen-bond acceptors (Lipinski definition) is 3. The summed E-state index contributed by atoms with van der Waals surface area (Å²) in [5.74, 6) is -1.04. The van der Waals surface area contributed by atoms with Gasteiger partial charge in [0.05, 0.1) is 11.9 Å². The molecular weight excluding hydrogens is 240 g/mol. The maximum absolute atomic E-state index is 11.0. The fourth-order valence-electron chi connectivity index (χ4n) is 1.27. The van der Waals surface area contributed by atoms with E-state index in [0.29, 0.717) is 10.8 Å². The first-order chi connectivity index (χ1) is 7.95. The van der Waals surface area contributed by atoms with Gasteiger partial charge in [0.15, 0.2) is 10.8 Å². The highest BCUT2D eigenvalue weighted by Crippen LogP contribution is 2.13. The quantitative estimate of drug-likeness (QED) is 0.703. The smallest absolute Gasteiger partial charge is 0.356 e. The molecule has 1 unspecified atom stereocenters. The number of aryl methyl sites for hydroxylation is 1. The first kappa shape index (κ1) is 13.4. The number of nitrogens with one attached hydrogen (secondary N) is 2. The molecule has 0 spiro atoms. The number of carbonyl (C=O) groups is 1. The number of rotatable bonds is 4. The fraction of sp³-hybridized carbons (Fsp3) is 0.500. The summed E-state index contributed by atoms with van der Waals surface area (Å²) in [4.78, 5) is 11.0. The molecule has 7 heteroatoms. The first-order valence-electron chi connectivity index (χ1n) is 5.28. The molecule has 0 saturated carbocycles. The van der Waals surface area contributed by atoms with Gasteiger partial charge in [-0.15, -0.1) is 0 Å². The van der Waals surface area contributed by atoms with Crippen LogP contribution in [0.15, 0.2) is 6.20 Å². The van der Waals surface area contributed by atoms with Crippen molar-refractivity contribution in [3.63, 3.8) is 0 Å². The molecule has 0 amide bonds. The highest BCUT2D eigenvalue weighted by molar-refractivity contribution is 7.80. The first-order valence-corrected chi connectivity index (χ1v) is 5.69. The lowest BCUT2D eigenvalue weighted by Crippen LogP contribution is -2.35. The van der Waals surface area contributed by atoms with Crippen molar-refractivity contribution in [3.05, 3.63) is 11.9 Å². The van der Waals surface area contributed by atoms with E-state index in [1.54, 1.807) is 7.05 Å². The van der Waals surface area contributed by atoms with E-state index in [1.807, 2.05) is 13.8 Å². The van der Waals surface area contributed by atoms with Gasteiger partial charge in [0.25, 0.3) is 0 Å². The fourth-order valence-corrected chi connectivity index (χ4v) is 1.58. The second kappa shape index (κ2) is 5.62. The van der Waals surface area contributed by atoms with Crippen LogP contribution in [0.4, 0.5) is 5.69 Å². The zero-order chi connectivity index (χ0) is 13.0. The molecule has 1 atom stereocenters. The van der Waals surface area contributed by atoms with Gasteiger partial charge in [-0.25, -0.2) is 4.79 Å². The predicted octanol–water partition coefficient (Wildman–Crippen LogP) is 1.20. The summed E-state index contributed by atoms with van der Waals surface area (Å²) in [7, 11) is 1.57. The van der Waals surface area contributed by atoms with Crippen LogP contribution in [0, 0.1) is 0 Å². The van der Waals surface area contributed by atoms with Crippen LogP contribution < -0.4 is 10.6 Å². The Hall–Kier alpha value is -1.63. The molecule has 6 nitrogen and oxygen atoms in total. The Morgan fingerprint density at radius 2 is 2.35 bits per heavy atom. The molecule has 1 rings (SSSR count). The van der Waals surface area contributed by atoms with Crippen LogP contribution in [-0.2, 0) is 7.05 Å². The second-order valence-electron chi connectivity index (χ2n) is 3.74. The van der Waals surface area contributed by atoms with Crippen LogP contribution in [-0.4, -0.2) is 32.0 Å². The minimum absolute atomic E-state index is 0.0818. The molecule has 0 fully saturated rings. The van der Waals surface area contributed by atoms with Crippen molar-refractivity contribution < 1.29 is 9.90 Å². The number of nitrogens with zero attached hydrogens (tertiary/aromatic N) is 2. The Bertz CT molecular complexity index is 430. The average molecular weight is 256 g/mol. The number of carboxylic acids is 1. The van der Waals surface area contributed by atoms with E-state index >= 15 is 0 Å².